The average molecular weight is 227 g/mol. The molecule has 96 valence electrons. The van der Waals surface area contributed by atoms with Gasteiger partial charge in [0.05, 0.1) is 0 Å². The van der Waals surface area contributed by atoms with Gasteiger partial charge in [0.1, 0.15) is 0 Å². The molecule has 0 aromatic heterocycles. The minimum atomic E-state index is 0.931. The molecule has 3 heteroatoms. The summed E-state index contributed by atoms with van der Waals surface area (Å²) in [5, 5.41) is 3.44. The third kappa shape index (κ3) is 5.83. The van der Waals surface area contributed by atoms with Crippen LogP contribution in [0.4, 0.5) is 0 Å². The Balaban J connectivity index is 2.14. The molecule has 1 aliphatic heterocycles. The highest BCUT2D eigenvalue weighted by Crippen LogP contribution is 2.13. The second-order valence-electron chi connectivity index (χ2n) is 5.24. The summed E-state index contributed by atoms with van der Waals surface area (Å²) in [6.07, 6.45) is 4.03. The normalized spacial score (nSPS) is 18.6. The van der Waals surface area contributed by atoms with Crippen LogP contribution in [-0.4, -0.2) is 63.2 Å². The van der Waals surface area contributed by atoms with Crippen molar-refractivity contribution in [1.82, 2.24) is 15.1 Å². The number of hydrogen-bond acceptors (Lipinski definition) is 3. The Morgan fingerprint density at radius 2 is 1.81 bits per heavy atom. The van der Waals surface area contributed by atoms with Crippen LogP contribution >= 0.6 is 0 Å². The first-order chi connectivity index (χ1) is 7.72. The molecule has 1 aliphatic rings. The second kappa shape index (κ2) is 8.04. The summed E-state index contributed by atoms with van der Waals surface area (Å²) in [5.74, 6) is 0.931. The molecule has 1 fully saturated rings. The lowest BCUT2D eigenvalue weighted by Gasteiger charge is -2.29. The highest BCUT2D eigenvalue weighted by molar-refractivity contribution is 4.72. The van der Waals surface area contributed by atoms with Crippen LogP contribution in [0.3, 0.4) is 0 Å². The Morgan fingerprint density at radius 1 is 1.12 bits per heavy atom. The van der Waals surface area contributed by atoms with E-state index in [-0.39, 0.29) is 0 Å². The van der Waals surface area contributed by atoms with Crippen LogP contribution in [0.15, 0.2) is 0 Å². The van der Waals surface area contributed by atoms with Crippen LogP contribution in [0, 0.1) is 5.92 Å². The Bertz CT molecular complexity index is 165. The van der Waals surface area contributed by atoms with E-state index in [4.69, 9.17) is 0 Å². The summed E-state index contributed by atoms with van der Waals surface area (Å²) in [6.45, 7) is 9.72. The molecule has 1 N–H and O–H groups in total. The molecule has 3 nitrogen and oxygen atoms in total. The van der Waals surface area contributed by atoms with Crippen molar-refractivity contribution in [1.29, 1.82) is 0 Å². The molecule has 0 aromatic carbocycles. The van der Waals surface area contributed by atoms with Gasteiger partial charge in [-0.1, -0.05) is 6.92 Å². The minimum Gasteiger partial charge on any atom is -0.317 e. The Labute approximate surface area is 101 Å². The van der Waals surface area contributed by atoms with Crippen molar-refractivity contribution in [3.63, 3.8) is 0 Å². The maximum Gasteiger partial charge on any atom is 0.00105 e. The predicted octanol–water partition coefficient (Wildman–Crippen LogP) is 1.26. The van der Waals surface area contributed by atoms with E-state index in [0.717, 1.165) is 5.92 Å². The molecule has 0 unspecified atom stereocenters. The van der Waals surface area contributed by atoms with Crippen molar-refractivity contribution >= 4 is 0 Å². The number of hydrogen-bond donors (Lipinski definition) is 1. The largest absolute Gasteiger partial charge is 0.317 e. The SMILES string of the molecule is CCN(CCCN(C)C)CC1CCNCC1. The Hall–Kier alpha value is -0.120. The molecule has 0 aliphatic carbocycles. The summed E-state index contributed by atoms with van der Waals surface area (Å²) in [5.41, 5.74) is 0. The fourth-order valence-electron chi connectivity index (χ4n) is 2.42. The van der Waals surface area contributed by atoms with Crippen molar-refractivity contribution in [2.24, 2.45) is 5.92 Å². The van der Waals surface area contributed by atoms with Gasteiger partial charge >= 0.3 is 0 Å². The molecule has 0 aromatic rings. The molecule has 0 radical (unpaired) electrons. The van der Waals surface area contributed by atoms with E-state index in [1.165, 1.54) is 58.5 Å². The molecule has 1 heterocycles. The highest BCUT2D eigenvalue weighted by Gasteiger charge is 2.15. The first kappa shape index (κ1) is 13.9. The molecular formula is C13H29N3. The maximum absolute atomic E-state index is 3.44. The zero-order valence-electron chi connectivity index (χ0n) is 11.3. The van der Waals surface area contributed by atoms with Crippen LogP contribution in [-0.2, 0) is 0 Å². The first-order valence-electron chi connectivity index (χ1n) is 6.80. The molecule has 1 saturated heterocycles. The summed E-state index contributed by atoms with van der Waals surface area (Å²) >= 11 is 0. The lowest BCUT2D eigenvalue weighted by Crippen LogP contribution is -2.37. The Morgan fingerprint density at radius 3 is 2.38 bits per heavy atom. The molecule has 0 bridgehead atoms. The van der Waals surface area contributed by atoms with E-state index in [2.05, 4.69) is 36.1 Å². The fourth-order valence-corrected chi connectivity index (χ4v) is 2.42. The zero-order valence-corrected chi connectivity index (χ0v) is 11.3. The van der Waals surface area contributed by atoms with Gasteiger partial charge in [-0.25, -0.2) is 0 Å². The van der Waals surface area contributed by atoms with Gasteiger partial charge in [-0.15, -0.1) is 0 Å². The van der Waals surface area contributed by atoms with E-state index in [0.29, 0.717) is 0 Å². The number of nitrogens with one attached hydrogen (secondary N) is 1. The third-order valence-electron chi connectivity index (χ3n) is 3.50. The van der Waals surface area contributed by atoms with Crippen LogP contribution < -0.4 is 5.32 Å². The molecule has 0 amide bonds. The molecule has 0 saturated carbocycles. The summed E-state index contributed by atoms with van der Waals surface area (Å²) in [7, 11) is 4.31. The smallest absolute Gasteiger partial charge is 0.00105 e. The Kier molecular flexibility index (Phi) is 7.01. The predicted molar refractivity (Wildman–Crippen MR) is 70.9 cm³/mol. The molecular weight excluding hydrogens is 198 g/mol. The van der Waals surface area contributed by atoms with E-state index in [9.17, 15) is 0 Å². The van der Waals surface area contributed by atoms with Gasteiger partial charge < -0.3 is 15.1 Å². The summed E-state index contributed by atoms with van der Waals surface area (Å²) in [4.78, 5) is 4.90. The minimum absolute atomic E-state index is 0.931. The van der Waals surface area contributed by atoms with Gasteiger partial charge in [-0.2, -0.15) is 0 Å². The van der Waals surface area contributed by atoms with Crippen LogP contribution in [0.5, 0.6) is 0 Å². The monoisotopic (exact) mass is 227 g/mol. The van der Waals surface area contributed by atoms with Crippen molar-refractivity contribution in [2.75, 3.05) is 53.4 Å². The summed E-state index contributed by atoms with van der Waals surface area (Å²) in [6, 6.07) is 0. The van der Waals surface area contributed by atoms with Gasteiger partial charge in [0.15, 0.2) is 0 Å². The maximum atomic E-state index is 3.44. The van der Waals surface area contributed by atoms with E-state index >= 15 is 0 Å². The lowest BCUT2D eigenvalue weighted by atomic mass is 9.97. The van der Waals surface area contributed by atoms with Gasteiger partial charge in [0.2, 0.25) is 0 Å². The molecule has 0 atom stereocenters. The quantitative estimate of drug-likeness (QED) is 0.706. The van der Waals surface area contributed by atoms with Crippen molar-refractivity contribution in [3.8, 4) is 0 Å². The second-order valence-corrected chi connectivity index (χ2v) is 5.24. The number of rotatable bonds is 7. The third-order valence-corrected chi connectivity index (χ3v) is 3.50. The van der Waals surface area contributed by atoms with Crippen molar-refractivity contribution in [2.45, 2.75) is 26.2 Å². The topological polar surface area (TPSA) is 18.5 Å². The van der Waals surface area contributed by atoms with Gasteiger partial charge in [0.25, 0.3) is 0 Å². The lowest BCUT2D eigenvalue weighted by molar-refractivity contribution is 0.205. The first-order valence-corrected chi connectivity index (χ1v) is 6.80. The average Bonchev–Trinajstić information content (AvgIpc) is 2.28. The van der Waals surface area contributed by atoms with Crippen LogP contribution in [0.25, 0.3) is 0 Å². The summed E-state index contributed by atoms with van der Waals surface area (Å²) < 4.78 is 0. The van der Waals surface area contributed by atoms with Gasteiger partial charge in [0, 0.05) is 6.54 Å². The van der Waals surface area contributed by atoms with Gasteiger partial charge in [-0.3, -0.25) is 0 Å². The zero-order chi connectivity index (χ0) is 11.8. The number of nitrogens with zero attached hydrogens (tertiary/aromatic N) is 2. The highest BCUT2D eigenvalue weighted by atomic mass is 15.1. The fraction of sp³-hybridized carbons (Fsp3) is 1.00. The van der Waals surface area contributed by atoms with Gasteiger partial charge in [-0.05, 0) is 72.0 Å². The standard InChI is InChI=1S/C13H29N3/c1-4-16(11-5-10-15(2)3)12-13-6-8-14-9-7-13/h13-14H,4-12H2,1-3H3. The van der Waals surface area contributed by atoms with E-state index in [1.54, 1.807) is 0 Å². The van der Waals surface area contributed by atoms with E-state index < -0.39 is 0 Å². The van der Waals surface area contributed by atoms with E-state index in [1.807, 2.05) is 0 Å². The molecule has 0 spiro atoms. The number of piperidine rings is 1. The molecule has 16 heavy (non-hydrogen) atoms. The van der Waals surface area contributed by atoms with Crippen LogP contribution in [0.2, 0.25) is 0 Å². The molecule has 1 rings (SSSR count). The van der Waals surface area contributed by atoms with Crippen molar-refractivity contribution in [3.05, 3.63) is 0 Å². The van der Waals surface area contributed by atoms with Crippen molar-refractivity contribution < 1.29 is 0 Å². The van der Waals surface area contributed by atoms with Crippen LogP contribution in [0.1, 0.15) is 26.2 Å².